The van der Waals surface area contributed by atoms with E-state index in [-0.39, 0.29) is 12.1 Å². The third kappa shape index (κ3) is 4.46. The summed E-state index contributed by atoms with van der Waals surface area (Å²) in [6.07, 6.45) is 1.03. The van der Waals surface area contributed by atoms with E-state index in [1.807, 2.05) is 6.07 Å². The topological polar surface area (TPSA) is 38.5 Å². The second-order valence-electron chi connectivity index (χ2n) is 4.54. The zero-order valence-electron chi connectivity index (χ0n) is 11.1. The van der Waals surface area contributed by atoms with Crippen LogP contribution in [0.1, 0.15) is 24.9 Å². The highest BCUT2D eigenvalue weighted by Crippen LogP contribution is 2.21. The second kappa shape index (κ2) is 7.43. The maximum absolute atomic E-state index is 6.10. The molecule has 2 atom stereocenters. The molecule has 3 nitrogen and oxygen atoms in total. The van der Waals surface area contributed by atoms with Crippen molar-refractivity contribution in [1.82, 2.24) is 4.90 Å². The molecule has 0 amide bonds. The Kier molecular flexibility index (Phi) is 6.19. The molecule has 17 heavy (non-hydrogen) atoms. The van der Waals surface area contributed by atoms with Crippen molar-refractivity contribution in [3.05, 3.63) is 35.9 Å². The van der Waals surface area contributed by atoms with Crippen LogP contribution >= 0.6 is 0 Å². The molecule has 0 radical (unpaired) electrons. The van der Waals surface area contributed by atoms with Crippen LogP contribution in [-0.2, 0) is 4.74 Å². The molecule has 3 heteroatoms. The third-order valence-corrected chi connectivity index (χ3v) is 2.97. The fourth-order valence-electron chi connectivity index (χ4n) is 2.21. The van der Waals surface area contributed by atoms with Crippen LogP contribution in [-0.4, -0.2) is 38.3 Å². The zero-order valence-corrected chi connectivity index (χ0v) is 11.1. The van der Waals surface area contributed by atoms with E-state index in [9.17, 15) is 0 Å². The Bertz CT molecular complexity index is 300. The van der Waals surface area contributed by atoms with E-state index >= 15 is 0 Å². The van der Waals surface area contributed by atoms with E-state index in [0.29, 0.717) is 0 Å². The summed E-state index contributed by atoms with van der Waals surface area (Å²) in [4.78, 5) is 2.30. The number of rotatable bonds is 7. The number of hydrogen-bond acceptors (Lipinski definition) is 3. The number of ether oxygens (including phenoxy) is 1. The van der Waals surface area contributed by atoms with Crippen LogP contribution in [0.2, 0.25) is 0 Å². The first-order chi connectivity index (χ1) is 8.16. The predicted molar refractivity (Wildman–Crippen MR) is 72.0 cm³/mol. The fourth-order valence-corrected chi connectivity index (χ4v) is 2.21. The van der Waals surface area contributed by atoms with Crippen molar-refractivity contribution in [2.24, 2.45) is 5.73 Å². The largest absolute Gasteiger partial charge is 0.385 e. The van der Waals surface area contributed by atoms with Gasteiger partial charge in [0, 0.05) is 32.3 Å². The van der Waals surface area contributed by atoms with Crippen LogP contribution < -0.4 is 5.73 Å². The zero-order chi connectivity index (χ0) is 12.7. The third-order valence-electron chi connectivity index (χ3n) is 2.97. The molecule has 96 valence electrons. The van der Waals surface area contributed by atoms with Gasteiger partial charge in [-0.15, -0.1) is 0 Å². The standard InChI is InChI=1S/C14H24N2O/c1-12(15)14(13-8-5-4-6-9-13)16(2)10-7-11-17-3/h4-6,8-9,12,14H,7,10-11,15H2,1-3H3. The molecule has 0 aliphatic rings. The van der Waals surface area contributed by atoms with Crippen molar-refractivity contribution < 1.29 is 4.74 Å². The first-order valence-corrected chi connectivity index (χ1v) is 6.16. The van der Waals surface area contributed by atoms with Crippen LogP contribution in [0.15, 0.2) is 30.3 Å². The average molecular weight is 236 g/mol. The van der Waals surface area contributed by atoms with E-state index < -0.39 is 0 Å². The Morgan fingerprint density at radius 1 is 1.29 bits per heavy atom. The molecule has 0 aliphatic heterocycles. The van der Waals surface area contributed by atoms with Gasteiger partial charge in [0.25, 0.3) is 0 Å². The highest BCUT2D eigenvalue weighted by atomic mass is 16.5. The van der Waals surface area contributed by atoms with E-state index in [2.05, 4.69) is 43.1 Å². The van der Waals surface area contributed by atoms with Crippen molar-refractivity contribution in [3.8, 4) is 0 Å². The second-order valence-corrected chi connectivity index (χ2v) is 4.54. The summed E-state index contributed by atoms with van der Waals surface area (Å²) in [5.41, 5.74) is 7.38. The quantitative estimate of drug-likeness (QED) is 0.736. The molecule has 0 saturated heterocycles. The molecule has 1 aromatic carbocycles. The fraction of sp³-hybridized carbons (Fsp3) is 0.571. The number of likely N-dealkylation sites (N-methyl/N-ethyl adjacent to an activating group) is 1. The summed E-state index contributed by atoms with van der Waals surface area (Å²) < 4.78 is 5.08. The van der Waals surface area contributed by atoms with Gasteiger partial charge in [-0.3, -0.25) is 4.90 Å². The maximum Gasteiger partial charge on any atom is 0.0493 e. The molecule has 0 heterocycles. The lowest BCUT2D eigenvalue weighted by Crippen LogP contribution is -2.38. The Hall–Kier alpha value is -0.900. The van der Waals surface area contributed by atoms with Gasteiger partial charge in [-0.25, -0.2) is 0 Å². The molecule has 0 bridgehead atoms. The van der Waals surface area contributed by atoms with Crippen molar-refractivity contribution in [2.45, 2.75) is 25.4 Å². The van der Waals surface area contributed by atoms with E-state index in [0.717, 1.165) is 19.6 Å². The van der Waals surface area contributed by atoms with E-state index in [1.165, 1.54) is 5.56 Å². The number of nitrogens with zero attached hydrogens (tertiary/aromatic N) is 1. The summed E-state index contributed by atoms with van der Waals surface area (Å²) in [6, 6.07) is 10.8. The molecule has 1 rings (SSSR count). The van der Waals surface area contributed by atoms with E-state index in [1.54, 1.807) is 7.11 Å². The van der Waals surface area contributed by atoms with Crippen LogP contribution in [0.3, 0.4) is 0 Å². The van der Waals surface area contributed by atoms with Crippen molar-refractivity contribution in [3.63, 3.8) is 0 Å². The molecule has 0 spiro atoms. The monoisotopic (exact) mass is 236 g/mol. The lowest BCUT2D eigenvalue weighted by atomic mass is 9.99. The van der Waals surface area contributed by atoms with Gasteiger partial charge >= 0.3 is 0 Å². The van der Waals surface area contributed by atoms with Gasteiger partial charge in [0.05, 0.1) is 0 Å². The SMILES string of the molecule is COCCCN(C)C(c1ccccc1)C(C)N. The lowest BCUT2D eigenvalue weighted by molar-refractivity contribution is 0.158. The smallest absolute Gasteiger partial charge is 0.0493 e. The van der Waals surface area contributed by atoms with Gasteiger partial charge in [0.15, 0.2) is 0 Å². The minimum absolute atomic E-state index is 0.116. The Morgan fingerprint density at radius 2 is 1.94 bits per heavy atom. The van der Waals surface area contributed by atoms with Gasteiger partial charge in [-0.05, 0) is 26.0 Å². The Morgan fingerprint density at radius 3 is 2.47 bits per heavy atom. The van der Waals surface area contributed by atoms with Gasteiger partial charge in [-0.2, -0.15) is 0 Å². The molecule has 0 fully saturated rings. The normalized spacial score (nSPS) is 14.9. The minimum Gasteiger partial charge on any atom is -0.385 e. The minimum atomic E-state index is 0.116. The summed E-state index contributed by atoms with van der Waals surface area (Å²) in [7, 11) is 3.86. The summed E-state index contributed by atoms with van der Waals surface area (Å²) in [6.45, 7) is 3.85. The van der Waals surface area contributed by atoms with Crippen molar-refractivity contribution >= 4 is 0 Å². The molecule has 1 aromatic rings. The van der Waals surface area contributed by atoms with Crippen LogP contribution in [0, 0.1) is 0 Å². The van der Waals surface area contributed by atoms with Crippen molar-refractivity contribution in [2.75, 3.05) is 27.3 Å². The Balaban J connectivity index is 2.66. The number of methoxy groups -OCH3 is 1. The summed E-state index contributed by atoms with van der Waals surface area (Å²) in [5, 5.41) is 0. The molecule has 2 N–H and O–H groups in total. The van der Waals surface area contributed by atoms with Gasteiger partial charge in [0.1, 0.15) is 0 Å². The molecule has 0 aromatic heterocycles. The van der Waals surface area contributed by atoms with Crippen molar-refractivity contribution in [1.29, 1.82) is 0 Å². The summed E-state index contributed by atoms with van der Waals surface area (Å²) in [5.74, 6) is 0. The van der Waals surface area contributed by atoms with E-state index in [4.69, 9.17) is 10.5 Å². The van der Waals surface area contributed by atoms with Crippen LogP contribution in [0.4, 0.5) is 0 Å². The molecule has 0 saturated carbocycles. The molecular weight excluding hydrogens is 212 g/mol. The number of nitrogens with two attached hydrogens (primary N) is 1. The van der Waals surface area contributed by atoms with Gasteiger partial charge in [-0.1, -0.05) is 30.3 Å². The van der Waals surface area contributed by atoms with Gasteiger partial charge < -0.3 is 10.5 Å². The van der Waals surface area contributed by atoms with Crippen LogP contribution in [0.25, 0.3) is 0 Å². The maximum atomic E-state index is 6.10. The Labute approximate surface area is 105 Å². The molecule has 0 aliphatic carbocycles. The average Bonchev–Trinajstić information content (AvgIpc) is 2.30. The lowest BCUT2D eigenvalue weighted by Gasteiger charge is -2.31. The number of benzene rings is 1. The molecule has 2 unspecified atom stereocenters. The van der Waals surface area contributed by atoms with Gasteiger partial charge in [0.2, 0.25) is 0 Å². The highest BCUT2D eigenvalue weighted by molar-refractivity contribution is 5.20. The molecular formula is C14H24N2O. The number of hydrogen-bond donors (Lipinski definition) is 1. The first-order valence-electron chi connectivity index (χ1n) is 6.16. The summed E-state index contributed by atoms with van der Waals surface area (Å²) >= 11 is 0. The highest BCUT2D eigenvalue weighted by Gasteiger charge is 2.20. The van der Waals surface area contributed by atoms with Crippen LogP contribution in [0.5, 0.6) is 0 Å². The first kappa shape index (κ1) is 14.2. The predicted octanol–water partition coefficient (Wildman–Crippen LogP) is 2.04.